The molecule has 1 aromatic carbocycles. The van der Waals surface area contributed by atoms with Gasteiger partial charge in [-0.2, -0.15) is 13.2 Å². The maximum absolute atomic E-state index is 11.9. The summed E-state index contributed by atoms with van der Waals surface area (Å²) < 4.78 is 36.3. The fraction of sp³-hybridized carbons (Fsp3) is 0.300. The number of phenolic OH excluding ortho intramolecular Hbond substituents is 1. The van der Waals surface area contributed by atoms with E-state index in [1.165, 1.54) is 19.1 Å². The van der Waals surface area contributed by atoms with Crippen LogP contribution in [0.25, 0.3) is 0 Å². The molecule has 17 heavy (non-hydrogen) atoms. The minimum Gasteiger partial charge on any atom is -0.507 e. The van der Waals surface area contributed by atoms with Crippen molar-refractivity contribution in [1.29, 1.82) is 0 Å². The molecule has 0 saturated carbocycles. The zero-order chi connectivity index (χ0) is 13.2. The molecule has 0 aliphatic rings. The predicted molar refractivity (Wildman–Crippen MR) is 58.9 cm³/mol. The van der Waals surface area contributed by atoms with Crippen molar-refractivity contribution in [2.24, 2.45) is 0 Å². The molecule has 0 saturated heterocycles. The van der Waals surface area contributed by atoms with Crippen LogP contribution in [0.15, 0.2) is 16.6 Å². The molecule has 0 aromatic heterocycles. The molecule has 2 N–H and O–H groups in total. The van der Waals surface area contributed by atoms with Crippen molar-refractivity contribution in [3.8, 4) is 5.75 Å². The maximum atomic E-state index is 11.9. The molecule has 1 aromatic rings. The number of hydrogen-bond donors (Lipinski definition) is 2. The standard InChI is InChI=1S/C10H9BrF3NO2/c1-5-2-6(11)3-7(16)8(5)9(17)15-4-10(12,13)14/h2-3,16H,4H2,1H3,(H,15,17). The van der Waals surface area contributed by atoms with Gasteiger partial charge in [0.05, 0.1) is 5.56 Å². The Morgan fingerprint density at radius 3 is 2.53 bits per heavy atom. The van der Waals surface area contributed by atoms with Gasteiger partial charge in [-0.1, -0.05) is 15.9 Å². The van der Waals surface area contributed by atoms with E-state index in [4.69, 9.17) is 0 Å². The van der Waals surface area contributed by atoms with Crippen molar-refractivity contribution in [2.75, 3.05) is 6.54 Å². The second-order valence-electron chi connectivity index (χ2n) is 3.41. The van der Waals surface area contributed by atoms with Crippen LogP contribution in [0.4, 0.5) is 13.2 Å². The minimum absolute atomic E-state index is 0.155. The van der Waals surface area contributed by atoms with Crippen molar-refractivity contribution in [1.82, 2.24) is 5.32 Å². The van der Waals surface area contributed by atoms with E-state index in [9.17, 15) is 23.1 Å². The summed E-state index contributed by atoms with van der Waals surface area (Å²) in [5.74, 6) is -1.32. The molecule has 0 bridgehead atoms. The normalized spacial score (nSPS) is 11.4. The summed E-state index contributed by atoms with van der Waals surface area (Å²) in [6, 6.07) is 2.78. The molecule has 1 rings (SSSR count). The van der Waals surface area contributed by atoms with Crippen molar-refractivity contribution >= 4 is 21.8 Å². The average molecular weight is 312 g/mol. The van der Waals surface area contributed by atoms with Gasteiger partial charge in [-0.05, 0) is 24.6 Å². The highest BCUT2D eigenvalue weighted by atomic mass is 79.9. The Labute approximate surface area is 104 Å². The maximum Gasteiger partial charge on any atom is 0.405 e. The van der Waals surface area contributed by atoms with Crippen LogP contribution in [0.2, 0.25) is 0 Å². The Kier molecular flexibility index (Phi) is 4.03. The van der Waals surface area contributed by atoms with Crippen molar-refractivity contribution in [3.05, 3.63) is 27.7 Å². The second-order valence-corrected chi connectivity index (χ2v) is 4.33. The number of hydrogen-bond acceptors (Lipinski definition) is 2. The Morgan fingerprint density at radius 1 is 1.47 bits per heavy atom. The van der Waals surface area contributed by atoms with Gasteiger partial charge in [-0.15, -0.1) is 0 Å². The van der Waals surface area contributed by atoms with E-state index in [0.717, 1.165) is 0 Å². The predicted octanol–water partition coefficient (Wildman–Crippen LogP) is 2.76. The Bertz CT molecular complexity index is 423. The minimum atomic E-state index is -4.48. The largest absolute Gasteiger partial charge is 0.507 e. The molecular weight excluding hydrogens is 303 g/mol. The van der Waals surface area contributed by atoms with Crippen LogP contribution in [-0.2, 0) is 0 Å². The monoisotopic (exact) mass is 311 g/mol. The number of rotatable bonds is 2. The van der Waals surface area contributed by atoms with Gasteiger partial charge in [0.15, 0.2) is 0 Å². The number of carbonyl (C=O) groups excluding carboxylic acids is 1. The van der Waals surface area contributed by atoms with Crippen LogP contribution in [0.3, 0.4) is 0 Å². The fourth-order valence-corrected chi connectivity index (χ4v) is 1.85. The molecule has 3 nitrogen and oxygen atoms in total. The van der Waals surface area contributed by atoms with Crippen molar-refractivity contribution in [2.45, 2.75) is 13.1 Å². The third kappa shape index (κ3) is 3.92. The molecule has 0 heterocycles. The number of phenols is 1. The summed E-state index contributed by atoms with van der Waals surface area (Å²) in [5.41, 5.74) is 0.231. The molecule has 0 radical (unpaired) electrons. The molecule has 0 spiro atoms. The number of alkyl halides is 3. The third-order valence-electron chi connectivity index (χ3n) is 1.96. The topological polar surface area (TPSA) is 49.3 Å². The number of carbonyl (C=O) groups is 1. The summed E-state index contributed by atoms with van der Waals surface area (Å²) in [4.78, 5) is 11.5. The summed E-state index contributed by atoms with van der Waals surface area (Å²) >= 11 is 3.10. The zero-order valence-electron chi connectivity index (χ0n) is 8.73. The highest BCUT2D eigenvalue weighted by Gasteiger charge is 2.28. The number of aromatic hydroxyl groups is 1. The van der Waals surface area contributed by atoms with Crippen molar-refractivity contribution < 1.29 is 23.1 Å². The van der Waals surface area contributed by atoms with Gasteiger partial charge in [0, 0.05) is 4.47 Å². The molecule has 7 heteroatoms. The lowest BCUT2D eigenvalue weighted by atomic mass is 10.1. The quantitative estimate of drug-likeness (QED) is 0.882. The van der Waals surface area contributed by atoms with Gasteiger partial charge in [0.25, 0.3) is 5.91 Å². The lowest BCUT2D eigenvalue weighted by molar-refractivity contribution is -0.123. The van der Waals surface area contributed by atoms with Crippen LogP contribution in [0.1, 0.15) is 15.9 Å². The van der Waals surface area contributed by atoms with E-state index < -0.39 is 18.6 Å². The van der Waals surface area contributed by atoms with E-state index >= 15 is 0 Å². The van der Waals surface area contributed by atoms with E-state index in [2.05, 4.69) is 15.9 Å². The molecule has 0 aliphatic carbocycles. The van der Waals surface area contributed by atoms with Crippen molar-refractivity contribution in [3.63, 3.8) is 0 Å². The lowest BCUT2D eigenvalue weighted by Crippen LogP contribution is -2.34. The lowest BCUT2D eigenvalue weighted by Gasteiger charge is -2.11. The van der Waals surface area contributed by atoms with Gasteiger partial charge in [-0.3, -0.25) is 4.79 Å². The van der Waals surface area contributed by atoms with Crippen LogP contribution in [0, 0.1) is 6.92 Å². The van der Waals surface area contributed by atoms with Crippen LogP contribution in [0.5, 0.6) is 5.75 Å². The molecule has 94 valence electrons. The van der Waals surface area contributed by atoms with E-state index in [1.807, 2.05) is 0 Å². The second kappa shape index (κ2) is 4.95. The molecule has 0 atom stereocenters. The number of benzene rings is 1. The summed E-state index contributed by atoms with van der Waals surface area (Å²) in [6.45, 7) is 0.0910. The van der Waals surface area contributed by atoms with Gasteiger partial charge in [0.1, 0.15) is 12.3 Å². The first kappa shape index (κ1) is 13.8. The van der Waals surface area contributed by atoms with E-state index in [1.54, 1.807) is 5.32 Å². The van der Waals surface area contributed by atoms with Gasteiger partial charge < -0.3 is 10.4 Å². The molecule has 0 aliphatic heterocycles. The van der Waals surface area contributed by atoms with Gasteiger partial charge in [0.2, 0.25) is 0 Å². The smallest absolute Gasteiger partial charge is 0.405 e. The van der Waals surface area contributed by atoms with E-state index in [-0.39, 0.29) is 11.3 Å². The number of nitrogens with one attached hydrogen (secondary N) is 1. The highest BCUT2D eigenvalue weighted by Crippen LogP contribution is 2.26. The third-order valence-corrected chi connectivity index (χ3v) is 2.41. The first-order valence-corrected chi connectivity index (χ1v) is 5.34. The highest BCUT2D eigenvalue weighted by molar-refractivity contribution is 9.10. The van der Waals surface area contributed by atoms with Crippen LogP contribution >= 0.6 is 15.9 Å². The first-order chi connectivity index (χ1) is 7.70. The Hall–Kier alpha value is -1.24. The molecule has 0 fully saturated rings. The first-order valence-electron chi connectivity index (χ1n) is 4.55. The van der Waals surface area contributed by atoms with Gasteiger partial charge in [-0.25, -0.2) is 0 Å². The summed E-state index contributed by atoms with van der Waals surface area (Å²) in [7, 11) is 0. The summed E-state index contributed by atoms with van der Waals surface area (Å²) in [5, 5.41) is 11.2. The fourth-order valence-electron chi connectivity index (χ4n) is 1.29. The number of amides is 1. The zero-order valence-corrected chi connectivity index (χ0v) is 10.3. The molecular formula is C10H9BrF3NO2. The molecule has 1 amide bonds. The van der Waals surface area contributed by atoms with Crippen LogP contribution < -0.4 is 5.32 Å². The Balaban J connectivity index is 2.90. The van der Waals surface area contributed by atoms with E-state index in [0.29, 0.717) is 10.0 Å². The number of aryl methyl sites for hydroxylation is 1. The Morgan fingerprint density at radius 2 is 2.06 bits per heavy atom. The van der Waals surface area contributed by atoms with Crippen LogP contribution in [-0.4, -0.2) is 23.7 Å². The average Bonchev–Trinajstić information content (AvgIpc) is 2.11. The molecule has 0 unspecified atom stereocenters. The summed E-state index contributed by atoms with van der Waals surface area (Å²) in [6.07, 6.45) is -4.48. The SMILES string of the molecule is Cc1cc(Br)cc(O)c1C(=O)NCC(F)(F)F. The number of halogens is 4. The van der Waals surface area contributed by atoms with Gasteiger partial charge >= 0.3 is 6.18 Å².